The molecule has 4 nitrogen and oxygen atoms in total. The number of carbonyl (C=O) groups is 1. The van der Waals surface area contributed by atoms with Crippen molar-refractivity contribution in [2.45, 2.75) is 33.6 Å². The number of carbonyl (C=O) groups excluding carboxylic acids is 1. The molecule has 25 heavy (non-hydrogen) atoms. The third kappa shape index (κ3) is 5.57. The summed E-state index contributed by atoms with van der Waals surface area (Å²) >= 11 is 5.27. The molecule has 0 saturated carbocycles. The van der Waals surface area contributed by atoms with Gasteiger partial charge in [-0.15, -0.1) is 0 Å². The Labute approximate surface area is 154 Å². The van der Waals surface area contributed by atoms with Crippen molar-refractivity contribution in [3.63, 3.8) is 0 Å². The largest absolute Gasteiger partial charge is 0.493 e. The summed E-state index contributed by atoms with van der Waals surface area (Å²) in [6, 6.07) is 13.2. The minimum atomic E-state index is -0.283. The molecule has 2 N–H and O–H groups in total. The molecular weight excluding hydrogens is 332 g/mol. The van der Waals surface area contributed by atoms with Crippen LogP contribution in [0.25, 0.3) is 0 Å². The zero-order valence-corrected chi connectivity index (χ0v) is 15.7. The van der Waals surface area contributed by atoms with Crippen LogP contribution >= 0.6 is 12.2 Å². The number of nitrogens with one attached hydrogen (secondary N) is 2. The van der Waals surface area contributed by atoms with Gasteiger partial charge in [0.25, 0.3) is 5.91 Å². The lowest BCUT2D eigenvalue weighted by Crippen LogP contribution is -2.34. The van der Waals surface area contributed by atoms with Crippen molar-refractivity contribution in [3.05, 3.63) is 59.2 Å². The van der Waals surface area contributed by atoms with Gasteiger partial charge in [-0.1, -0.05) is 43.2 Å². The van der Waals surface area contributed by atoms with Crippen LogP contribution in [0.3, 0.4) is 0 Å². The molecule has 0 spiro atoms. The maximum Gasteiger partial charge on any atom is 0.261 e. The van der Waals surface area contributed by atoms with Gasteiger partial charge in [0.1, 0.15) is 5.75 Å². The molecule has 0 heterocycles. The summed E-state index contributed by atoms with van der Waals surface area (Å²) in [4.78, 5) is 12.5. The van der Waals surface area contributed by atoms with Crippen LogP contribution in [0.5, 0.6) is 5.75 Å². The minimum Gasteiger partial charge on any atom is -0.493 e. The van der Waals surface area contributed by atoms with E-state index in [-0.39, 0.29) is 11.0 Å². The highest BCUT2D eigenvalue weighted by molar-refractivity contribution is 7.80. The topological polar surface area (TPSA) is 50.4 Å². The number of anilines is 1. The molecule has 0 bridgehead atoms. The summed E-state index contributed by atoms with van der Waals surface area (Å²) in [6.45, 7) is 6.72. The highest BCUT2D eigenvalue weighted by atomic mass is 32.1. The number of hydrogen-bond donors (Lipinski definition) is 2. The fraction of sp³-hybridized carbons (Fsp3) is 0.300. The first-order chi connectivity index (χ1) is 12.0. The van der Waals surface area contributed by atoms with Crippen LogP contribution in [0.4, 0.5) is 5.69 Å². The molecular formula is C20H24N2O2S. The van der Waals surface area contributed by atoms with Crippen molar-refractivity contribution >= 4 is 28.9 Å². The van der Waals surface area contributed by atoms with E-state index in [1.807, 2.05) is 38.1 Å². The second-order valence-corrected chi connectivity index (χ2v) is 6.33. The summed E-state index contributed by atoms with van der Waals surface area (Å²) in [5.74, 6) is 0.289. The number of unbranched alkanes of at least 4 members (excludes halogenated alkanes) is 1. The van der Waals surface area contributed by atoms with Gasteiger partial charge in [0.05, 0.1) is 12.2 Å². The predicted molar refractivity (Wildman–Crippen MR) is 106 cm³/mol. The van der Waals surface area contributed by atoms with Crippen LogP contribution in [-0.4, -0.2) is 17.6 Å². The fourth-order valence-corrected chi connectivity index (χ4v) is 2.59. The van der Waals surface area contributed by atoms with Gasteiger partial charge in [0, 0.05) is 5.69 Å². The predicted octanol–water partition coefficient (Wildman–Crippen LogP) is 4.61. The average Bonchev–Trinajstić information content (AvgIpc) is 2.58. The Hall–Kier alpha value is -2.40. The molecule has 0 unspecified atom stereocenters. The Bertz CT molecular complexity index is 759. The number of para-hydroxylation sites is 1. The van der Waals surface area contributed by atoms with Crippen LogP contribution in [-0.2, 0) is 0 Å². The molecule has 0 aliphatic heterocycles. The number of benzene rings is 2. The molecule has 1 amide bonds. The second kappa shape index (κ2) is 9.18. The monoisotopic (exact) mass is 356 g/mol. The Balaban J connectivity index is 2.02. The number of aryl methyl sites for hydroxylation is 2. The summed E-state index contributed by atoms with van der Waals surface area (Å²) in [6.07, 6.45) is 1.99. The van der Waals surface area contributed by atoms with Gasteiger partial charge < -0.3 is 10.1 Å². The Morgan fingerprint density at radius 1 is 1.16 bits per heavy atom. The smallest absolute Gasteiger partial charge is 0.261 e. The molecule has 0 aromatic heterocycles. The van der Waals surface area contributed by atoms with Crippen LogP contribution in [0, 0.1) is 13.8 Å². The third-order valence-electron chi connectivity index (χ3n) is 3.74. The van der Waals surface area contributed by atoms with Gasteiger partial charge in [-0.05, 0) is 56.2 Å². The number of ether oxygens (including phenoxy) is 1. The van der Waals surface area contributed by atoms with Gasteiger partial charge in [-0.2, -0.15) is 0 Å². The van der Waals surface area contributed by atoms with E-state index >= 15 is 0 Å². The lowest BCUT2D eigenvalue weighted by atomic mass is 10.1. The van der Waals surface area contributed by atoms with Crippen molar-refractivity contribution in [2.24, 2.45) is 0 Å². The lowest BCUT2D eigenvalue weighted by molar-refractivity contribution is 0.0973. The van der Waals surface area contributed by atoms with E-state index in [2.05, 4.69) is 23.6 Å². The standard InChI is InChI=1S/C20H24N2O2S/c1-4-5-12-24-18-9-7-6-8-16(18)19(23)22-20(25)21-17-11-10-14(2)13-15(17)3/h6-11,13H,4-5,12H2,1-3H3,(H2,21,22,23,25). The molecule has 5 heteroatoms. The Kier molecular flexibility index (Phi) is 6.95. The first-order valence-corrected chi connectivity index (χ1v) is 8.83. The fourth-order valence-electron chi connectivity index (χ4n) is 2.38. The number of rotatable bonds is 6. The molecule has 0 saturated heterocycles. The lowest BCUT2D eigenvalue weighted by Gasteiger charge is -2.14. The number of amides is 1. The van der Waals surface area contributed by atoms with Gasteiger partial charge in [-0.3, -0.25) is 10.1 Å². The second-order valence-electron chi connectivity index (χ2n) is 5.92. The number of hydrogen-bond acceptors (Lipinski definition) is 3. The van der Waals surface area contributed by atoms with E-state index in [0.29, 0.717) is 17.9 Å². The third-order valence-corrected chi connectivity index (χ3v) is 3.95. The van der Waals surface area contributed by atoms with E-state index < -0.39 is 0 Å². The van der Waals surface area contributed by atoms with Gasteiger partial charge in [0.2, 0.25) is 0 Å². The molecule has 2 rings (SSSR count). The summed E-state index contributed by atoms with van der Waals surface area (Å²) in [5.41, 5.74) is 3.60. The highest BCUT2D eigenvalue weighted by Gasteiger charge is 2.14. The van der Waals surface area contributed by atoms with Crippen molar-refractivity contribution in [1.29, 1.82) is 0 Å². The van der Waals surface area contributed by atoms with Crippen molar-refractivity contribution in [2.75, 3.05) is 11.9 Å². The molecule has 0 radical (unpaired) electrons. The molecule has 2 aromatic rings. The van der Waals surface area contributed by atoms with E-state index in [1.54, 1.807) is 12.1 Å². The van der Waals surface area contributed by atoms with Crippen LogP contribution in [0.2, 0.25) is 0 Å². The SMILES string of the molecule is CCCCOc1ccccc1C(=O)NC(=S)Nc1ccc(C)cc1C. The molecule has 0 aliphatic rings. The summed E-state index contributed by atoms with van der Waals surface area (Å²) in [5, 5.41) is 6.05. The van der Waals surface area contributed by atoms with Crippen LogP contribution < -0.4 is 15.4 Å². The maximum atomic E-state index is 12.5. The van der Waals surface area contributed by atoms with Gasteiger partial charge in [-0.25, -0.2) is 0 Å². The molecule has 0 fully saturated rings. The summed E-state index contributed by atoms with van der Waals surface area (Å²) in [7, 11) is 0. The Morgan fingerprint density at radius 2 is 1.92 bits per heavy atom. The summed E-state index contributed by atoms with van der Waals surface area (Å²) < 4.78 is 5.71. The van der Waals surface area contributed by atoms with Crippen molar-refractivity contribution < 1.29 is 9.53 Å². The quantitative estimate of drug-likeness (QED) is 0.586. The Morgan fingerprint density at radius 3 is 2.64 bits per heavy atom. The van der Waals surface area contributed by atoms with Gasteiger partial charge in [0.15, 0.2) is 5.11 Å². The van der Waals surface area contributed by atoms with Crippen molar-refractivity contribution in [1.82, 2.24) is 5.32 Å². The number of thiocarbonyl (C=S) groups is 1. The average molecular weight is 356 g/mol. The zero-order valence-electron chi connectivity index (χ0n) is 14.9. The zero-order chi connectivity index (χ0) is 18.2. The first kappa shape index (κ1) is 18.9. The van der Waals surface area contributed by atoms with Crippen LogP contribution in [0.1, 0.15) is 41.3 Å². The van der Waals surface area contributed by atoms with Crippen molar-refractivity contribution in [3.8, 4) is 5.75 Å². The normalized spacial score (nSPS) is 10.2. The molecule has 0 atom stereocenters. The maximum absolute atomic E-state index is 12.5. The molecule has 2 aromatic carbocycles. The van der Waals surface area contributed by atoms with E-state index in [1.165, 1.54) is 5.56 Å². The van der Waals surface area contributed by atoms with E-state index in [0.717, 1.165) is 24.1 Å². The van der Waals surface area contributed by atoms with E-state index in [9.17, 15) is 4.79 Å². The van der Waals surface area contributed by atoms with Gasteiger partial charge >= 0.3 is 0 Å². The highest BCUT2D eigenvalue weighted by Crippen LogP contribution is 2.19. The van der Waals surface area contributed by atoms with Crippen LogP contribution in [0.15, 0.2) is 42.5 Å². The molecule has 0 aliphatic carbocycles. The molecule has 132 valence electrons. The minimum absolute atomic E-state index is 0.264. The van der Waals surface area contributed by atoms with E-state index in [4.69, 9.17) is 17.0 Å². The first-order valence-electron chi connectivity index (χ1n) is 8.42.